The largest absolute Gasteiger partial charge is 0.359 e. The second kappa shape index (κ2) is 12.6. The topological polar surface area (TPSA) is 58.2 Å². The minimum absolute atomic E-state index is 0. The van der Waals surface area contributed by atoms with Crippen LogP contribution < -0.4 is 10.6 Å². The van der Waals surface area contributed by atoms with Crippen LogP contribution in [-0.4, -0.2) is 25.9 Å². The van der Waals surface area contributed by atoms with Gasteiger partial charge in [-0.3, -0.25) is 9.59 Å². The Morgan fingerprint density at radius 1 is 0.917 bits per heavy atom. The molecule has 12 heavy (non-hydrogen) atoms. The van der Waals surface area contributed by atoms with Gasteiger partial charge in [0.2, 0.25) is 11.8 Å². The summed E-state index contributed by atoms with van der Waals surface area (Å²) in [5.41, 5.74) is 0. The molecule has 0 aliphatic carbocycles. The van der Waals surface area contributed by atoms with Gasteiger partial charge in [-0.1, -0.05) is 22.3 Å². The molecule has 0 spiro atoms. The number of hydrogen-bond donors (Lipinski definition) is 2. The van der Waals surface area contributed by atoms with E-state index < -0.39 is 0 Å². The lowest BCUT2D eigenvalue weighted by Crippen LogP contribution is -2.27. The molecule has 0 saturated carbocycles. The van der Waals surface area contributed by atoms with Crippen LogP contribution in [0.5, 0.6) is 0 Å². The smallest absolute Gasteiger partial charge is 0.229 e. The lowest BCUT2D eigenvalue weighted by atomic mass is 10.4. The molecule has 0 aromatic rings. The molecule has 0 aromatic carbocycles. The Bertz CT molecular complexity index is 110. The number of amides is 2. The number of carbonyl (C=O) groups excluding carboxylic acids is 2. The second-order valence-corrected chi connectivity index (χ2v) is 1.52. The van der Waals surface area contributed by atoms with Crippen molar-refractivity contribution in [1.29, 1.82) is 0 Å². The van der Waals surface area contributed by atoms with E-state index in [1.165, 1.54) is 14.1 Å². The van der Waals surface area contributed by atoms with E-state index >= 15 is 0 Å². The molecule has 4 heteroatoms. The van der Waals surface area contributed by atoms with Gasteiger partial charge in [-0.05, 0) is 0 Å². The molecule has 0 aromatic heterocycles. The molecular formula is C8H22N2O2. The van der Waals surface area contributed by atoms with Crippen molar-refractivity contribution in [2.45, 2.75) is 28.7 Å². The van der Waals surface area contributed by atoms with E-state index in [9.17, 15) is 9.59 Å². The first-order chi connectivity index (χ1) is 4.20. The summed E-state index contributed by atoms with van der Waals surface area (Å²) >= 11 is 0. The third-order valence-corrected chi connectivity index (χ3v) is 0.879. The molecule has 0 radical (unpaired) electrons. The van der Waals surface area contributed by atoms with Crippen LogP contribution >= 0.6 is 0 Å². The van der Waals surface area contributed by atoms with Gasteiger partial charge in [0.1, 0.15) is 6.42 Å². The van der Waals surface area contributed by atoms with E-state index in [1.807, 2.05) is 0 Å². The zero-order valence-electron chi connectivity index (χ0n) is 5.52. The Balaban J connectivity index is -0.000000107. The van der Waals surface area contributed by atoms with Gasteiger partial charge in [0, 0.05) is 14.1 Å². The van der Waals surface area contributed by atoms with Crippen molar-refractivity contribution in [1.82, 2.24) is 10.6 Å². The van der Waals surface area contributed by atoms with Gasteiger partial charge in [0.15, 0.2) is 0 Å². The van der Waals surface area contributed by atoms with E-state index in [1.54, 1.807) is 0 Å². The lowest BCUT2D eigenvalue weighted by Gasteiger charge is -1.96. The molecule has 76 valence electrons. The van der Waals surface area contributed by atoms with Gasteiger partial charge in [-0.15, -0.1) is 0 Å². The zero-order chi connectivity index (χ0) is 7.28. The predicted molar refractivity (Wildman–Crippen MR) is 52.9 cm³/mol. The highest BCUT2D eigenvalue weighted by molar-refractivity contribution is 5.96. The van der Waals surface area contributed by atoms with Crippen molar-refractivity contribution >= 4 is 11.8 Å². The summed E-state index contributed by atoms with van der Waals surface area (Å²) in [4.78, 5) is 20.8. The minimum Gasteiger partial charge on any atom is -0.359 e. The summed E-state index contributed by atoms with van der Waals surface area (Å²) in [6.45, 7) is 0. The van der Waals surface area contributed by atoms with Crippen molar-refractivity contribution < 1.29 is 9.59 Å². The highest BCUT2D eigenvalue weighted by atomic mass is 16.2. The number of carbonyl (C=O) groups is 2. The molecule has 0 saturated heterocycles. The van der Waals surface area contributed by atoms with Crippen LogP contribution in [0.4, 0.5) is 0 Å². The fourth-order valence-corrected chi connectivity index (χ4v) is 0.323. The Hall–Kier alpha value is -1.06. The van der Waals surface area contributed by atoms with Crippen molar-refractivity contribution in [2.75, 3.05) is 14.1 Å². The summed E-state index contributed by atoms with van der Waals surface area (Å²) in [5.74, 6) is -0.538. The molecule has 4 nitrogen and oxygen atoms in total. The van der Waals surface area contributed by atoms with Crippen LogP contribution in [0.2, 0.25) is 0 Å². The first-order valence-electron chi connectivity index (χ1n) is 2.62. The normalized spacial score (nSPS) is 6.17. The molecule has 2 amide bonds. The van der Waals surface area contributed by atoms with Gasteiger partial charge in [0.25, 0.3) is 0 Å². The van der Waals surface area contributed by atoms with E-state index in [0.29, 0.717) is 0 Å². The fraction of sp³-hybridized carbons (Fsp3) is 0.750. The van der Waals surface area contributed by atoms with E-state index in [2.05, 4.69) is 10.6 Å². The van der Waals surface area contributed by atoms with E-state index in [-0.39, 0.29) is 40.5 Å². The maximum atomic E-state index is 10.4. The first-order valence-corrected chi connectivity index (χ1v) is 2.62. The van der Waals surface area contributed by atoms with Crippen LogP contribution in [0.1, 0.15) is 28.7 Å². The van der Waals surface area contributed by atoms with Gasteiger partial charge >= 0.3 is 0 Å². The standard InChI is InChI=1S/C5H10N2O2.3CH4/c1-6-4(8)3-5(9)7-2;;;/h3H2,1-2H3,(H,6,8)(H,7,9);3*1H4. The number of nitrogens with one attached hydrogen (secondary N) is 2. The maximum Gasteiger partial charge on any atom is 0.229 e. The third-order valence-electron chi connectivity index (χ3n) is 0.879. The number of hydrogen-bond acceptors (Lipinski definition) is 2. The molecule has 0 heterocycles. The van der Waals surface area contributed by atoms with Crippen LogP contribution in [0.3, 0.4) is 0 Å². The first kappa shape index (κ1) is 22.4. The average molecular weight is 178 g/mol. The van der Waals surface area contributed by atoms with Crippen molar-refractivity contribution in [3.8, 4) is 0 Å². The van der Waals surface area contributed by atoms with Crippen molar-refractivity contribution in [2.24, 2.45) is 0 Å². The summed E-state index contributed by atoms with van der Waals surface area (Å²) < 4.78 is 0. The molecule has 2 N–H and O–H groups in total. The summed E-state index contributed by atoms with van der Waals surface area (Å²) in [6, 6.07) is 0. The molecule has 0 atom stereocenters. The summed E-state index contributed by atoms with van der Waals surface area (Å²) in [5, 5.41) is 4.66. The quantitative estimate of drug-likeness (QED) is 0.614. The minimum atomic E-state index is -0.269. The van der Waals surface area contributed by atoms with Crippen LogP contribution in [0, 0.1) is 0 Å². The monoisotopic (exact) mass is 178 g/mol. The highest BCUT2D eigenvalue weighted by Gasteiger charge is 2.03. The molecule has 0 unspecified atom stereocenters. The number of rotatable bonds is 2. The van der Waals surface area contributed by atoms with Gasteiger partial charge in [0.05, 0.1) is 0 Å². The van der Waals surface area contributed by atoms with E-state index in [0.717, 1.165) is 0 Å². The molecule has 0 aliphatic heterocycles. The lowest BCUT2D eigenvalue weighted by molar-refractivity contribution is -0.128. The van der Waals surface area contributed by atoms with Gasteiger partial charge in [-0.2, -0.15) is 0 Å². The van der Waals surface area contributed by atoms with Gasteiger partial charge in [-0.25, -0.2) is 0 Å². The predicted octanol–water partition coefficient (Wildman–Crippen LogP) is 0.777. The Morgan fingerprint density at radius 2 is 1.17 bits per heavy atom. The van der Waals surface area contributed by atoms with Gasteiger partial charge < -0.3 is 10.6 Å². The summed E-state index contributed by atoms with van der Waals surface area (Å²) in [7, 11) is 2.98. The Kier molecular flexibility index (Phi) is 23.6. The second-order valence-electron chi connectivity index (χ2n) is 1.52. The molecule has 0 bridgehead atoms. The molecule has 0 rings (SSSR count). The highest BCUT2D eigenvalue weighted by Crippen LogP contribution is 1.75. The zero-order valence-corrected chi connectivity index (χ0v) is 5.52. The fourth-order valence-electron chi connectivity index (χ4n) is 0.323. The van der Waals surface area contributed by atoms with Crippen molar-refractivity contribution in [3.63, 3.8) is 0 Å². The average Bonchev–Trinajstić information content (AvgIpc) is 1.87. The Morgan fingerprint density at radius 3 is 1.33 bits per heavy atom. The van der Waals surface area contributed by atoms with Crippen LogP contribution in [-0.2, 0) is 9.59 Å². The molecule has 0 fully saturated rings. The Labute approximate surface area is 75.7 Å². The third kappa shape index (κ3) is 11.7. The molecule has 0 aliphatic rings. The maximum absolute atomic E-state index is 10.4. The van der Waals surface area contributed by atoms with Crippen molar-refractivity contribution in [3.05, 3.63) is 0 Å². The molecular weight excluding hydrogens is 156 g/mol. The van der Waals surface area contributed by atoms with E-state index in [4.69, 9.17) is 0 Å². The van der Waals surface area contributed by atoms with Crippen LogP contribution in [0.15, 0.2) is 0 Å². The van der Waals surface area contributed by atoms with Crippen LogP contribution in [0.25, 0.3) is 0 Å². The summed E-state index contributed by atoms with van der Waals surface area (Å²) in [6.07, 6.45) is -0.0903. The SMILES string of the molecule is C.C.C.CNC(=O)CC(=O)NC.